The molecule has 6 heteroatoms. The summed E-state index contributed by atoms with van der Waals surface area (Å²) in [5, 5.41) is 4.31. The Morgan fingerprint density at radius 3 is 3.00 bits per heavy atom. The number of rotatable bonds is 5. The molecule has 102 valence electrons. The minimum absolute atomic E-state index is 0.628. The molecule has 2 rings (SSSR count). The zero-order valence-corrected chi connectivity index (χ0v) is 13.1. The van der Waals surface area contributed by atoms with E-state index in [0.29, 0.717) is 11.4 Å². The van der Waals surface area contributed by atoms with Crippen LogP contribution in [-0.2, 0) is 10.8 Å². The molecule has 0 saturated heterocycles. The van der Waals surface area contributed by atoms with E-state index < -0.39 is 10.8 Å². The van der Waals surface area contributed by atoms with Crippen LogP contribution in [0.3, 0.4) is 0 Å². The lowest BCUT2D eigenvalue weighted by atomic mass is 10.1. The van der Waals surface area contributed by atoms with Crippen LogP contribution >= 0.6 is 15.9 Å². The van der Waals surface area contributed by atoms with Crippen molar-refractivity contribution in [1.29, 1.82) is 0 Å². The molecule has 3 N–H and O–H groups in total. The summed E-state index contributed by atoms with van der Waals surface area (Å²) in [6.07, 6.45) is 4.23. The molecule has 1 unspecified atom stereocenters. The van der Waals surface area contributed by atoms with E-state index in [4.69, 9.17) is 5.73 Å². The van der Waals surface area contributed by atoms with Gasteiger partial charge < -0.3 is 11.1 Å². The van der Waals surface area contributed by atoms with Gasteiger partial charge in [-0.15, -0.1) is 0 Å². The Hall–Kier alpha value is -1.14. The van der Waals surface area contributed by atoms with Crippen LogP contribution in [-0.4, -0.2) is 27.7 Å². The third kappa shape index (κ3) is 3.67. The summed E-state index contributed by atoms with van der Waals surface area (Å²) < 4.78 is 12.0. The number of nitrogen functional groups attached to an aromatic ring is 1. The van der Waals surface area contributed by atoms with Crippen LogP contribution in [0.1, 0.15) is 6.42 Å². The highest BCUT2D eigenvalue weighted by molar-refractivity contribution is 9.10. The highest BCUT2D eigenvalue weighted by atomic mass is 79.9. The van der Waals surface area contributed by atoms with Gasteiger partial charge in [-0.1, -0.05) is 15.9 Å². The first-order valence-electron chi connectivity index (χ1n) is 5.95. The Morgan fingerprint density at radius 1 is 1.47 bits per heavy atom. The molecule has 1 atom stereocenters. The van der Waals surface area contributed by atoms with E-state index in [9.17, 15) is 4.21 Å². The molecule has 0 radical (unpaired) electrons. The van der Waals surface area contributed by atoms with Gasteiger partial charge >= 0.3 is 0 Å². The Morgan fingerprint density at radius 2 is 2.26 bits per heavy atom. The van der Waals surface area contributed by atoms with E-state index in [1.807, 2.05) is 18.2 Å². The fraction of sp³-hybridized carbons (Fsp3) is 0.308. The van der Waals surface area contributed by atoms with Gasteiger partial charge in [-0.3, -0.25) is 9.19 Å². The second-order valence-corrected chi connectivity index (χ2v) is 6.78. The number of fused-ring (bicyclic) bond motifs is 1. The molecule has 0 aliphatic rings. The lowest BCUT2D eigenvalue weighted by Gasteiger charge is -2.12. The van der Waals surface area contributed by atoms with Crippen LogP contribution in [0.2, 0.25) is 0 Å². The smallest absolute Gasteiger partial charge is 0.0743 e. The third-order valence-corrected chi connectivity index (χ3v) is 4.13. The summed E-state index contributed by atoms with van der Waals surface area (Å²) in [5.74, 6) is 0.694. The predicted molar refractivity (Wildman–Crippen MR) is 85.9 cm³/mol. The summed E-state index contributed by atoms with van der Waals surface area (Å²) in [4.78, 5) is 4.30. The van der Waals surface area contributed by atoms with Crippen LogP contribution in [0.5, 0.6) is 0 Å². The summed E-state index contributed by atoms with van der Waals surface area (Å²) in [5.41, 5.74) is 8.40. The van der Waals surface area contributed by atoms with Gasteiger partial charge in [-0.25, -0.2) is 0 Å². The normalized spacial score (nSPS) is 12.5. The van der Waals surface area contributed by atoms with E-state index >= 15 is 0 Å². The Bertz CT molecular complexity index is 613. The first-order valence-corrected chi connectivity index (χ1v) is 8.47. The molecule has 19 heavy (non-hydrogen) atoms. The maximum absolute atomic E-state index is 11.0. The topological polar surface area (TPSA) is 68.0 Å². The lowest BCUT2D eigenvalue weighted by Crippen LogP contribution is -2.08. The first kappa shape index (κ1) is 14.3. The van der Waals surface area contributed by atoms with Crippen molar-refractivity contribution in [3.05, 3.63) is 28.9 Å². The minimum atomic E-state index is -0.751. The van der Waals surface area contributed by atoms with E-state index in [1.165, 1.54) is 0 Å². The van der Waals surface area contributed by atoms with Crippen LogP contribution in [0, 0.1) is 0 Å². The largest absolute Gasteiger partial charge is 0.396 e. The fourth-order valence-corrected chi connectivity index (χ4v) is 2.78. The van der Waals surface area contributed by atoms with Crippen molar-refractivity contribution in [1.82, 2.24) is 4.98 Å². The van der Waals surface area contributed by atoms with Crippen LogP contribution < -0.4 is 11.1 Å². The molecule has 0 spiro atoms. The van der Waals surface area contributed by atoms with Crippen molar-refractivity contribution >= 4 is 49.0 Å². The van der Waals surface area contributed by atoms with Crippen molar-refractivity contribution in [2.45, 2.75) is 6.42 Å². The van der Waals surface area contributed by atoms with Crippen molar-refractivity contribution in [2.24, 2.45) is 0 Å². The molecule has 0 aliphatic heterocycles. The molecule has 1 heterocycles. The van der Waals surface area contributed by atoms with Crippen LogP contribution in [0.4, 0.5) is 11.4 Å². The van der Waals surface area contributed by atoms with Crippen molar-refractivity contribution in [2.75, 3.05) is 29.6 Å². The van der Waals surface area contributed by atoms with E-state index in [2.05, 4.69) is 26.2 Å². The predicted octanol–water partition coefficient (Wildman–Crippen LogP) is 2.76. The average Bonchev–Trinajstić information content (AvgIpc) is 2.36. The Kier molecular flexibility index (Phi) is 4.76. The Balaban J connectivity index is 2.23. The highest BCUT2D eigenvalue weighted by Crippen LogP contribution is 2.29. The van der Waals surface area contributed by atoms with E-state index in [0.717, 1.165) is 34.0 Å². The number of aromatic nitrogens is 1. The number of hydrogen-bond acceptors (Lipinski definition) is 4. The van der Waals surface area contributed by atoms with Crippen molar-refractivity contribution < 1.29 is 4.21 Å². The average molecular weight is 342 g/mol. The summed E-state index contributed by atoms with van der Waals surface area (Å²) in [6, 6.07) is 5.90. The van der Waals surface area contributed by atoms with Gasteiger partial charge in [-0.05, 0) is 24.6 Å². The molecule has 1 aromatic carbocycles. The third-order valence-electron chi connectivity index (χ3n) is 2.77. The molecule has 4 nitrogen and oxygen atoms in total. The molecular weight excluding hydrogens is 326 g/mol. The number of nitrogens with one attached hydrogen (secondary N) is 1. The lowest BCUT2D eigenvalue weighted by molar-refractivity contribution is 0.685. The molecule has 0 fully saturated rings. The fourth-order valence-electron chi connectivity index (χ4n) is 1.87. The van der Waals surface area contributed by atoms with E-state index in [-0.39, 0.29) is 0 Å². The van der Waals surface area contributed by atoms with Gasteiger partial charge in [0.05, 0.1) is 23.1 Å². The maximum Gasteiger partial charge on any atom is 0.0743 e. The van der Waals surface area contributed by atoms with Gasteiger partial charge in [0.2, 0.25) is 0 Å². The molecule has 1 aromatic heterocycles. The number of pyridine rings is 1. The Labute approximate surface area is 123 Å². The maximum atomic E-state index is 11.0. The molecule has 2 aromatic rings. The summed E-state index contributed by atoms with van der Waals surface area (Å²) >= 11 is 3.46. The molecule has 0 bridgehead atoms. The zero-order valence-electron chi connectivity index (χ0n) is 10.6. The number of anilines is 2. The van der Waals surface area contributed by atoms with Gasteiger partial charge in [0.25, 0.3) is 0 Å². The summed E-state index contributed by atoms with van der Waals surface area (Å²) in [6.45, 7) is 0.745. The van der Waals surface area contributed by atoms with Gasteiger partial charge in [0, 0.05) is 39.2 Å². The number of halogens is 1. The standard InChI is InChI=1S/C13H16BrN3OS/c1-19(18)6-2-5-16-13-10-7-9(14)3-4-12(10)17-8-11(13)15/h3-4,7-8H,2,5-6,15H2,1H3,(H,16,17). The number of nitrogens with zero attached hydrogens (tertiary/aromatic N) is 1. The zero-order chi connectivity index (χ0) is 13.8. The van der Waals surface area contributed by atoms with Crippen LogP contribution in [0.25, 0.3) is 10.9 Å². The monoisotopic (exact) mass is 341 g/mol. The van der Waals surface area contributed by atoms with Gasteiger partial charge in [-0.2, -0.15) is 0 Å². The molecule has 0 saturated carbocycles. The van der Waals surface area contributed by atoms with E-state index in [1.54, 1.807) is 12.5 Å². The summed E-state index contributed by atoms with van der Waals surface area (Å²) in [7, 11) is -0.751. The minimum Gasteiger partial charge on any atom is -0.396 e. The van der Waals surface area contributed by atoms with Crippen molar-refractivity contribution in [3.8, 4) is 0 Å². The molecule has 0 aliphatic carbocycles. The SMILES string of the molecule is CS(=O)CCCNc1c(N)cnc2ccc(Br)cc12. The van der Waals surface area contributed by atoms with Crippen LogP contribution in [0.15, 0.2) is 28.9 Å². The molecular formula is C13H16BrN3OS. The number of benzene rings is 1. The first-order chi connectivity index (χ1) is 9.08. The second-order valence-electron chi connectivity index (χ2n) is 4.31. The molecule has 0 amide bonds. The highest BCUT2D eigenvalue weighted by Gasteiger charge is 2.06. The number of hydrogen-bond donors (Lipinski definition) is 2. The van der Waals surface area contributed by atoms with Crippen molar-refractivity contribution in [3.63, 3.8) is 0 Å². The second kappa shape index (κ2) is 6.34. The number of nitrogens with two attached hydrogens (primary N) is 1. The van der Waals surface area contributed by atoms with Gasteiger partial charge in [0.1, 0.15) is 0 Å². The quantitative estimate of drug-likeness (QED) is 0.820. The van der Waals surface area contributed by atoms with Gasteiger partial charge in [0.15, 0.2) is 0 Å².